The van der Waals surface area contributed by atoms with Gasteiger partial charge in [-0.05, 0) is 31.2 Å². The van der Waals surface area contributed by atoms with E-state index in [0.717, 1.165) is 0 Å². The lowest BCUT2D eigenvalue weighted by Gasteiger charge is -2.05. The van der Waals surface area contributed by atoms with Gasteiger partial charge in [0.2, 0.25) is 0 Å². The van der Waals surface area contributed by atoms with E-state index in [9.17, 15) is 14.9 Å². The van der Waals surface area contributed by atoms with Crippen molar-refractivity contribution in [2.24, 2.45) is 0 Å². The van der Waals surface area contributed by atoms with Gasteiger partial charge in [0.1, 0.15) is 0 Å². The van der Waals surface area contributed by atoms with E-state index in [1.807, 2.05) is 0 Å². The maximum absolute atomic E-state index is 12.4. The van der Waals surface area contributed by atoms with Crippen molar-refractivity contribution in [3.63, 3.8) is 0 Å². The summed E-state index contributed by atoms with van der Waals surface area (Å²) in [5, 5.41) is 21.9. The molecule has 0 aliphatic carbocycles. The number of hydrogen-bond donors (Lipinski definition) is 1. The van der Waals surface area contributed by atoms with Crippen molar-refractivity contribution in [1.29, 1.82) is 0 Å². The van der Waals surface area contributed by atoms with Gasteiger partial charge in [-0.3, -0.25) is 14.9 Å². The minimum Gasteiger partial charge on any atom is -0.320 e. The molecular weight excluding hydrogens is 346 g/mol. The molecule has 0 bridgehead atoms. The summed E-state index contributed by atoms with van der Waals surface area (Å²) in [6, 6.07) is 12.6. The second-order valence-corrected chi connectivity index (χ2v) is 5.61. The zero-order valence-electron chi connectivity index (χ0n) is 13.0. The normalized spacial score (nSPS) is 10.5. The SMILES string of the molecule is Cc1c(C(=O)Nc2cccc(Cl)c2)nnn1-c1cccc([N+](=O)[O-])c1. The molecule has 0 saturated heterocycles. The Kier molecular flexibility index (Phi) is 4.44. The molecule has 0 aliphatic heterocycles. The van der Waals surface area contributed by atoms with Crippen molar-refractivity contribution in [2.75, 3.05) is 5.32 Å². The number of nitrogens with one attached hydrogen (secondary N) is 1. The highest BCUT2D eigenvalue weighted by molar-refractivity contribution is 6.30. The lowest BCUT2D eigenvalue weighted by atomic mass is 10.2. The van der Waals surface area contributed by atoms with Gasteiger partial charge < -0.3 is 5.32 Å². The molecule has 0 atom stereocenters. The third kappa shape index (κ3) is 3.48. The van der Waals surface area contributed by atoms with Crippen LogP contribution in [0.5, 0.6) is 0 Å². The lowest BCUT2D eigenvalue weighted by molar-refractivity contribution is -0.384. The van der Waals surface area contributed by atoms with E-state index in [4.69, 9.17) is 11.6 Å². The molecule has 0 spiro atoms. The standard InChI is InChI=1S/C16H12ClN5O3/c1-10-15(16(23)18-12-5-2-4-11(17)8-12)19-20-21(10)13-6-3-7-14(9-13)22(24)25/h2-9H,1H3,(H,18,23). The average Bonchev–Trinajstić information content (AvgIpc) is 2.96. The molecular formula is C16H12ClN5O3. The third-order valence-electron chi connectivity index (χ3n) is 3.48. The van der Waals surface area contributed by atoms with Crippen LogP contribution in [0.15, 0.2) is 48.5 Å². The summed E-state index contributed by atoms with van der Waals surface area (Å²) in [5.41, 5.74) is 1.48. The number of aromatic nitrogens is 3. The van der Waals surface area contributed by atoms with Crippen LogP contribution in [0.3, 0.4) is 0 Å². The molecule has 0 aliphatic rings. The molecule has 126 valence electrons. The lowest BCUT2D eigenvalue weighted by Crippen LogP contribution is -2.14. The summed E-state index contributed by atoms with van der Waals surface area (Å²) in [5.74, 6) is -0.448. The van der Waals surface area contributed by atoms with E-state index < -0.39 is 10.8 Å². The third-order valence-corrected chi connectivity index (χ3v) is 3.71. The fourth-order valence-corrected chi connectivity index (χ4v) is 2.47. The first-order chi connectivity index (χ1) is 12.0. The van der Waals surface area contributed by atoms with E-state index in [1.165, 1.54) is 16.8 Å². The van der Waals surface area contributed by atoms with Crippen molar-refractivity contribution in [3.8, 4) is 5.69 Å². The monoisotopic (exact) mass is 357 g/mol. The van der Waals surface area contributed by atoms with E-state index >= 15 is 0 Å². The second kappa shape index (κ2) is 6.70. The van der Waals surface area contributed by atoms with Crippen LogP contribution in [0.4, 0.5) is 11.4 Å². The summed E-state index contributed by atoms with van der Waals surface area (Å²) in [7, 11) is 0. The van der Waals surface area contributed by atoms with Crippen LogP contribution in [0, 0.1) is 17.0 Å². The smallest absolute Gasteiger partial charge is 0.278 e. The number of amides is 1. The second-order valence-electron chi connectivity index (χ2n) is 5.18. The number of benzene rings is 2. The fourth-order valence-electron chi connectivity index (χ4n) is 2.28. The zero-order chi connectivity index (χ0) is 18.0. The maximum Gasteiger partial charge on any atom is 0.278 e. The van der Waals surface area contributed by atoms with Crippen LogP contribution in [0.2, 0.25) is 5.02 Å². The predicted molar refractivity (Wildman–Crippen MR) is 92.2 cm³/mol. The average molecular weight is 358 g/mol. The highest BCUT2D eigenvalue weighted by Crippen LogP contribution is 2.20. The number of carbonyl (C=O) groups is 1. The topological polar surface area (TPSA) is 103 Å². The number of halogens is 1. The Morgan fingerprint density at radius 3 is 2.72 bits per heavy atom. The summed E-state index contributed by atoms with van der Waals surface area (Å²) >= 11 is 5.89. The van der Waals surface area contributed by atoms with Crippen LogP contribution in [-0.2, 0) is 0 Å². The molecule has 0 saturated carbocycles. The summed E-state index contributed by atoms with van der Waals surface area (Å²) in [4.78, 5) is 22.8. The van der Waals surface area contributed by atoms with E-state index in [2.05, 4.69) is 15.6 Å². The maximum atomic E-state index is 12.4. The van der Waals surface area contributed by atoms with Crippen molar-refractivity contribution in [1.82, 2.24) is 15.0 Å². The van der Waals surface area contributed by atoms with Crippen LogP contribution < -0.4 is 5.32 Å². The molecule has 8 nitrogen and oxygen atoms in total. The first-order valence-electron chi connectivity index (χ1n) is 7.20. The van der Waals surface area contributed by atoms with E-state index in [0.29, 0.717) is 22.1 Å². The molecule has 1 heterocycles. The first kappa shape index (κ1) is 16.6. The molecule has 25 heavy (non-hydrogen) atoms. The number of nitro groups is 1. The molecule has 3 rings (SSSR count). The number of non-ortho nitro benzene ring substituents is 1. The van der Waals surface area contributed by atoms with Gasteiger partial charge in [-0.25, -0.2) is 4.68 Å². The predicted octanol–water partition coefficient (Wildman–Crippen LogP) is 3.39. The van der Waals surface area contributed by atoms with Crippen molar-refractivity contribution in [2.45, 2.75) is 6.92 Å². The molecule has 9 heteroatoms. The van der Waals surface area contributed by atoms with Gasteiger partial charge in [0.05, 0.1) is 16.3 Å². The molecule has 3 aromatic rings. The number of nitro benzene ring substituents is 1. The molecule has 0 fully saturated rings. The van der Waals surface area contributed by atoms with Crippen molar-refractivity contribution < 1.29 is 9.72 Å². The molecule has 1 aromatic heterocycles. The Morgan fingerprint density at radius 1 is 1.24 bits per heavy atom. The van der Waals surface area contributed by atoms with Gasteiger partial charge in [0, 0.05) is 22.8 Å². The van der Waals surface area contributed by atoms with E-state index in [-0.39, 0.29) is 11.4 Å². The summed E-state index contributed by atoms with van der Waals surface area (Å²) in [6.07, 6.45) is 0. The Hall–Kier alpha value is -3.26. The largest absolute Gasteiger partial charge is 0.320 e. The van der Waals surface area contributed by atoms with Crippen LogP contribution in [0.1, 0.15) is 16.2 Å². The number of rotatable bonds is 4. The Bertz CT molecular complexity index is 970. The van der Waals surface area contributed by atoms with Crippen molar-refractivity contribution in [3.05, 3.63) is 75.1 Å². The number of hydrogen-bond acceptors (Lipinski definition) is 5. The summed E-state index contributed by atoms with van der Waals surface area (Å²) in [6.45, 7) is 1.66. The number of anilines is 1. The Morgan fingerprint density at radius 2 is 2.00 bits per heavy atom. The molecule has 1 N–H and O–H groups in total. The Balaban J connectivity index is 1.89. The molecule has 0 radical (unpaired) electrons. The first-order valence-corrected chi connectivity index (χ1v) is 7.57. The van der Waals surface area contributed by atoms with Crippen LogP contribution >= 0.6 is 11.6 Å². The van der Waals surface area contributed by atoms with Gasteiger partial charge in [-0.1, -0.05) is 28.9 Å². The van der Waals surface area contributed by atoms with Crippen molar-refractivity contribution >= 4 is 28.9 Å². The highest BCUT2D eigenvalue weighted by Gasteiger charge is 2.18. The summed E-state index contributed by atoms with van der Waals surface area (Å²) < 4.78 is 1.37. The van der Waals surface area contributed by atoms with Gasteiger partial charge in [-0.2, -0.15) is 0 Å². The zero-order valence-corrected chi connectivity index (χ0v) is 13.8. The fraction of sp³-hybridized carbons (Fsp3) is 0.0625. The van der Waals surface area contributed by atoms with E-state index in [1.54, 1.807) is 43.3 Å². The minimum absolute atomic E-state index is 0.0719. The quantitative estimate of drug-likeness (QED) is 0.569. The van der Waals surface area contributed by atoms with Gasteiger partial charge in [-0.15, -0.1) is 5.10 Å². The Labute approximate surface area is 147 Å². The molecule has 0 unspecified atom stereocenters. The number of nitrogens with zero attached hydrogens (tertiary/aromatic N) is 4. The van der Waals surface area contributed by atoms with Gasteiger partial charge in [0.15, 0.2) is 5.69 Å². The highest BCUT2D eigenvalue weighted by atomic mass is 35.5. The van der Waals surface area contributed by atoms with Crippen LogP contribution in [0.25, 0.3) is 5.69 Å². The van der Waals surface area contributed by atoms with Crippen LogP contribution in [-0.4, -0.2) is 25.8 Å². The van der Waals surface area contributed by atoms with Gasteiger partial charge in [0.25, 0.3) is 11.6 Å². The number of carbonyl (C=O) groups excluding carboxylic acids is 1. The molecule has 1 amide bonds. The molecule has 2 aromatic carbocycles. The minimum atomic E-state index is -0.497. The van der Waals surface area contributed by atoms with Gasteiger partial charge >= 0.3 is 0 Å².